The molecular formula is C21H21ClN4O3. The molecule has 7 nitrogen and oxygen atoms in total. The number of aromatic nitrogens is 2. The lowest BCUT2D eigenvalue weighted by molar-refractivity contribution is 0.0615. The normalized spacial score (nSPS) is 14.8. The summed E-state index contributed by atoms with van der Waals surface area (Å²) in [5, 5.41) is 4.69. The molecule has 3 aromatic rings. The van der Waals surface area contributed by atoms with Crippen molar-refractivity contribution in [2.45, 2.75) is 6.54 Å². The lowest BCUT2D eigenvalue weighted by Crippen LogP contribution is -2.48. The molecular weight excluding hydrogens is 392 g/mol. The van der Waals surface area contributed by atoms with Gasteiger partial charge in [0.05, 0.1) is 13.7 Å². The molecule has 0 N–H and O–H groups in total. The topological polar surface area (TPSA) is 71.7 Å². The van der Waals surface area contributed by atoms with Crippen molar-refractivity contribution in [3.8, 4) is 17.1 Å². The Morgan fingerprint density at radius 2 is 1.76 bits per heavy atom. The SMILES string of the molecule is COc1ccc(-c2noc(CN3CCN(C(=O)c4ccc(Cl)cc4)CC3)n2)cc1. The fourth-order valence-electron chi connectivity index (χ4n) is 3.25. The van der Waals surface area contributed by atoms with Crippen LogP contribution in [0.25, 0.3) is 11.4 Å². The summed E-state index contributed by atoms with van der Waals surface area (Å²) in [5.74, 6) is 1.93. The van der Waals surface area contributed by atoms with Gasteiger partial charge in [-0.05, 0) is 48.5 Å². The van der Waals surface area contributed by atoms with Crippen molar-refractivity contribution in [2.24, 2.45) is 0 Å². The summed E-state index contributed by atoms with van der Waals surface area (Å²) in [5.41, 5.74) is 1.53. The Balaban J connectivity index is 1.32. The molecule has 1 aliphatic heterocycles. The van der Waals surface area contributed by atoms with E-state index >= 15 is 0 Å². The summed E-state index contributed by atoms with van der Waals surface area (Å²) in [6.45, 7) is 3.37. The molecule has 0 radical (unpaired) electrons. The number of halogens is 1. The van der Waals surface area contributed by atoms with Gasteiger partial charge in [-0.1, -0.05) is 16.8 Å². The van der Waals surface area contributed by atoms with Crippen LogP contribution in [-0.4, -0.2) is 59.1 Å². The first-order chi connectivity index (χ1) is 14.1. The average Bonchev–Trinajstić information content (AvgIpc) is 3.23. The minimum absolute atomic E-state index is 0.0286. The number of benzene rings is 2. The van der Waals surface area contributed by atoms with E-state index in [4.69, 9.17) is 20.9 Å². The quantitative estimate of drug-likeness (QED) is 0.640. The number of ether oxygens (including phenoxy) is 1. The molecule has 0 saturated carbocycles. The third-order valence-corrected chi connectivity index (χ3v) is 5.18. The molecule has 0 bridgehead atoms. The Labute approximate surface area is 173 Å². The molecule has 8 heteroatoms. The number of amides is 1. The van der Waals surface area contributed by atoms with Gasteiger partial charge in [0.1, 0.15) is 5.75 Å². The predicted molar refractivity (Wildman–Crippen MR) is 109 cm³/mol. The third-order valence-electron chi connectivity index (χ3n) is 4.93. The predicted octanol–water partition coefficient (Wildman–Crippen LogP) is 3.36. The van der Waals surface area contributed by atoms with Crippen LogP contribution in [0.15, 0.2) is 53.1 Å². The molecule has 150 valence electrons. The Morgan fingerprint density at radius 1 is 1.07 bits per heavy atom. The smallest absolute Gasteiger partial charge is 0.253 e. The van der Waals surface area contributed by atoms with Crippen LogP contribution in [0.5, 0.6) is 5.75 Å². The Hall–Kier alpha value is -2.90. The highest BCUT2D eigenvalue weighted by atomic mass is 35.5. The van der Waals surface area contributed by atoms with Gasteiger partial charge in [-0.15, -0.1) is 0 Å². The standard InChI is InChI=1S/C21H21ClN4O3/c1-28-18-8-4-15(5-9-18)20-23-19(29-24-20)14-25-10-12-26(13-11-25)21(27)16-2-6-17(22)7-3-16/h2-9H,10-14H2,1H3. The van der Waals surface area contributed by atoms with E-state index < -0.39 is 0 Å². The fraction of sp³-hybridized carbons (Fsp3) is 0.286. The van der Waals surface area contributed by atoms with Gasteiger partial charge in [0, 0.05) is 42.3 Å². The molecule has 0 spiro atoms. The number of rotatable bonds is 5. The zero-order chi connectivity index (χ0) is 20.2. The van der Waals surface area contributed by atoms with E-state index in [0.717, 1.165) is 24.4 Å². The van der Waals surface area contributed by atoms with Crippen molar-refractivity contribution in [1.29, 1.82) is 0 Å². The molecule has 0 aliphatic carbocycles. The highest BCUT2D eigenvalue weighted by Gasteiger charge is 2.23. The van der Waals surface area contributed by atoms with Crippen LogP contribution in [-0.2, 0) is 6.54 Å². The van der Waals surface area contributed by atoms with E-state index in [1.54, 1.807) is 31.4 Å². The fourth-order valence-corrected chi connectivity index (χ4v) is 3.38. The summed E-state index contributed by atoms with van der Waals surface area (Å²) in [6, 6.07) is 14.5. The second-order valence-corrected chi connectivity index (χ2v) is 7.25. The van der Waals surface area contributed by atoms with Crippen molar-refractivity contribution in [3.63, 3.8) is 0 Å². The molecule has 1 amide bonds. The first-order valence-corrected chi connectivity index (χ1v) is 9.74. The van der Waals surface area contributed by atoms with E-state index in [9.17, 15) is 4.79 Å². The number of carbonyl (C=O) groups excluding carboxylic acids is 1. The van der Waals surface area contributed by atoms with E-state index in [1.165, 1.54) is 0 Å². The summed E-state index contributed by atoms with van der Waals surface area (Å²) in [7, 11) is 1.63. The van der Waals surface area contributed by atoms with Crippen LogP contribution < -0.4 is 4.74 Å². The van der Waals surface area contributed by atoms with Gasteiger partial charge in [0.2, 0.25) is 11.7 Å². The van der Waals surface area contributed by atoms with Crippen molar-refractivity contribution in [3.05, 3.63) is 65.0 Å². The van der Waals surface area contributed by atoms with Crippen LogP contribution in [0.2, 0.25) is 5.02 Å². The molecule has 2 aromatic carbocycles. The maximum absolute atomic E-state index is 12.6. The molecule has 0 atom stereocenters. The minimum Gasteiger partial charge on any atom is -0.497 e. The summed E-state index contributed by atoms with van der Waals surface area (Å²) in [6.07, 6.45) is 0. The van der Waals surface area contributed by atoms with Gasteiger partial charge in [-0.25, -0.2) is 0 Å². The van der Waals surface area contributed by atoms with Gasteiger partial charge in [-0.3, -0.25) is 9.69 Å². The number of methoxy groups -OCH3 is 1. The van der Waals surface area contributed by atoms with Crippen LogP contribution in [0.4, 0.5) is 0 Å². The zero-order valence-electron chi connectivity index (χ0n) is 16.0. The zero-order valence-corrected chi connectivity index (χ0v) is 16.8. The molecule has 0 unspecified atom stereocenters. The lowest BCUT2D eigenvalue weighted by Gasteiger charge is -2.34. The highest BCUT2D eigenvalue weighted by Crippen LogP contribution is 2.20. The third kappa shape index (κ3) is 4.58. The molecule has 1 saturated heterocycles. The van der Waals surface area contributed by atoms with Gasteiger partial charge in [0.15, 0.2) is 0 Å². The van der Waals surface area contributed by atoms with Crippen molar-refractivity contribution in [1.82, 2.24) is 19.9 Å². The van der Waals surface area contributed by atoms with Gasteiger partial charge in [0.25, 0.3) is 5.91 Å². The van der Waals surface area contributed by atoms with E-state index in [2.05, 4.69) is 15.0 Å². The van der Waals surface area contributed by atoms with Crippen molar-refractivity contribution in [2.75, 3.05) is 33.3 Å². The Morgan fingerprint density at radius 3 is 2.41 bits per heavy atom. The first-order valence-electron chi connectivity index (χ1n) is 9.36. The van der Waals surface area contributed by atoms with E-state index in [0.29, 0.717) is 41.9 Å². The van der Waals surface area contributed by atoms with Gasteiger partial charge in [-0.2, -0.15) is 4.98 Å². The molecule has 1 aromatic heterocycles. The first kappa shape index (κ1) is 19.4. The second-order valence-electron chi connectivity index (χ2n) is 6.82. The molecule has 2 heterocycles. The highest BCUT2D eigenvalue weighted by molar-refractivity contribution is 6.30. The Kier molecular flexibility index (Phi) is 5.78. The van der Waals surface area contributed by atoms with Crippen LogP contribution >= 0.6 is 11.6 Å². The number of hydrogen-bond donors (Lipinski definition) is 0. The summed E-state index contributed by atoms with van der Waals surface area (Å²) >= 11 is 5.90. The van der Waals surface area contributed by atoms with Crippen molar-refractivity contribution < 1.29 is 14.1 Å². The van der Waals surface area contributed by atoms with Crippen LogP contribution in [0, 0.1) is 0 Å². The summed E-state index contributed by atoms with van der Waals surface area (Å²) < 4.78 is 10.6. The number of nitrogens with zero attached hydrogens (tertiary/aromatic N) is 4. The minimum atomic E-state index is 0.0286. The van der Waals surface area contributed by atoms with E-state index in [1.807, 2.05) is 29.2 Å². The molecule has 4 rings (SSSR count). The second kappa shape index (κ2) is 8.63. The number of hydrogen-bond acceptors (Lipinski definition) is 6. The largest absolute Gasteiger partial charge is 0.497 e. The van der Waals surface area contributed by atoms with E-state index in [-0.39, 0.29) is 5.91 Å². The number of carbonyl (C=O) groups is 1. The monoisotopic (exact) mass is 412 g/mol. The maximum atomic E-state index is 12.6. The maximum Gasteiger partial charge on any atom is 0.253 e. The van der Waals surface area contributed by atoms with Crippen molar-refractivity contribution >= 4 is 17.5 Å². The van der Waals surface area contributed by atoms with Crippen LogP contribution in [0.3, 0.4) is 0 Å². The molecule has 29 heavy (non-hydrogen) atoms. The summed E-state index contributed by atoms with van der Waals surface area (Å²) in [4.78, 5) is 21.1. The van der Waals surface area contributed by atoms with Gasteiger partial charge < -0.3 is 14.2 Å². The number of piperazine rings is 1. The lowest BCUT2D eigenvalue weighted by atomic mass is 10.2. The Bertz CT molecular complexity index is 964. The average molecular weight is 413 g/mol. The van der Waals surface area contributed by atoms with Gasteiger partial charge >= 0.3 is 0 Å². The molecule has 1 aliphatic rings. The van der Waals surface area contributed by atoms with Crippen LogP contribution in [0.1, 0.15) is 16.2 Å². The molecule has 1 fully saturated rings.